The summed E-state index contributed by atoms with van der Waals surface area (Å²) in [5, 5.41) is 4.04. The molecule has 0 aliphatic rings. The maximum absolute atomic E-state index is 10.9. The van der Waals surface area contributed by atoms with Crippen LogP contribution in [0.2, 0.25) is 0 Å². The molecular formula is C9H8N3O2. The lowest BCUT2D eigenvalue weighted by atomic mass is 10.3. The van der Waals surface area contributed by atoms with Crippen molar-refractivity contribution in [2.45, 2.75) is 13.5 Å². The van der Waals surface area contributed by atoms with Crippen molar-refractivity contribution in [1.82, 2.24) is 14.8 Å². The third-order valence-corrected chi connectivity index (χ3v) is 1.74. The number of Topliss-reactive ketones (excluding diaryl/α,β-unsaturated/α-hetero) is 1. The van der Waals surface area contributed by atoms with Crippen molar-refractivity contribution in [3.63, 3.8) is 0 Å². The van der Waals surface area contributed by atoms with Gasteiger partial charge in [0.1, 0.15) is 24.7 Å². The molecule has 1 radical (unpaired) electrons. The van der Waals surface area contributed by atoms with E-state index in [4.69, 9.17) is 4.42 Å². The summed E-state index contributed by atoms with van der Waals surface area (Å²) in [7, 11) is 0. The van der Waals surface area contributed by atoms with Gasteiger partial charge in [-0.2, -0.15) is 5.10 Å². The van der Waals surface area contributed by atoms with E-state index in [0.717, 1.165) is 0 Å². The zero-order valence-electron chi connectivity index (χ0n) is 7.60. The number of carbonyl (C=O) groups excluding carboxylic acids is 1. The molecule has 0 bridgehead atoms. The van der Waals surface area contributed by atoms with Gasteiger partial charge in [0.2, 0.25) is 5.89 Å². The number of oxazole rings is 1. The van der Waals surface area contributed by atoms with E-state index in [1.165, 1.54) is 13.2 Å². The first kappa shape index (κ1) is 8.68. The first-order valence-electron chi connectivity index (χ1n) is 4.10. The largest absolute Gasteiger partial charge is 0.446 e. The third kappa shape index (κ3) is 1.71. The fourth-order valence-corrected chi connectivity index (χ4v) is 1.07. The molecule has 5 nitrogen and oxygen atoms in total. The topological polar surface area (TPSA) is 60.9 Å². The van der Waals surface area contributed by atoms with E-state index >= 15 is 0 Å². The Labute approximate surface area is 80.4 Å². The zero-order chi connectivity index (χ0) is 9.97. The Kier molecular flexibility index (Phi) is 2.14. The Bertz CT molecular complexity index is 431. The monoisotopic (exact) mass is 190 g/mol. The third-order valence-electron chi connectivity index (χ3n) is 1.74. The minimum atomic E-state index is -0.0530. The minimum absolute atomic E-state index is 0.0530. The van der Waals surface area contributed by atoms with Gasteiger partial charge in [0.15, 0.2) is 5.78 Å². The standard InChI is InChI=1S/C9H8N3O2/c1-7(13)8-2-4-12(11-8)6-9-10-3-5-14-9/h2,4-5H,6H2,1H3. The molecule has 71 valence electrons. The van der Waals surface area contributed by atoms with Crippen molar-refractivity contribution in [3.8, 4) is 0 Å². The molecule has 5 heteroatoms. The van der Waals surface area contributed by atoms with Gasteiger partial charge in [0.05, 0.1) is 0 Å². The predicted octanol–water partition coefficient (Wildman–Crippen LogP) is 0.922. The van der Waals surface area contributed by atoms with Crippen LogP contribution in [0.15, 0.2) is 22.9 Å². The fourth-order valence-electron chi connectivity index (χ4n) is 1.07. The Morgan fingerprint density at radius 1 is 1.71 bits per heavy atom. The second-order valence-corrected chi connectivity index (χ2v) is 2.83. The molecule has 0 saturated carbocycles. The van der Waals surface area contributed by atoms with E-state index in [1.807, 2.05) is 0 Å². The number of hydrogen-bond donors (Lipinski definition) is 0. The molecule has 0 aliphatic heterocycles. The maximum atomic E-state index is 10.9. The molecule has 0 amide bonds. The average molecular weight is 190 g/mol. The Balaban J connectivity index is 2.14. The lowest BCUT2D eigenvalue weighted by Crippen LogP contribution is -2.02. The Morgan fingerprint density at radius 3 is 3.14 bits per heavy atom. The summed E-state index contributed by atoms with van der Waals surface area (Å²) in [5.41, 5.74) is 0.445. The molecule has 0 aliphatic carbocycles. The molecule has 2 heterocycles. The molecule has 0 spiro atoms. The first-order valence-corrected chi connectivity index (χ1v) is 4.10. The van der Waals surface area contributed by atoms with Gasteiger partial charge < -0.3 is 4.42 Å². The highest BCUT2D eigenvalue weighted by molar-refractivity contribution is 5.91. The van der Waals surface area contributed by atoms with Gasteiger partial charge in [-0.3, -0.25) is 9.48 Å². The summed E-state index contributed by atoms with van der Waals surface area (Å²) in [6, 6.07) is 1.66. The van der Waals surface area contributed by atoms with Crippen molar-refractivity contribution >= 4 is 5.78 Å². The summed E-state index contributed by atoms with van der Waals surface area (Å²) in [5.74, 6) is 0.464. The van der Waals surface area contributed by atoms with Crippen LogP contribution in [0.4, 0.5) is 0 Å². The molecule has 0 saturated heterocycles. The molecule has 2 aromatic rings. The zero-order valence-corrected chi connectivity index (χ0v) is 7.60. The summed E-state index contributed by atoms with van der Waals surface area (Å²) in [6.07, 6.45) is 5.64. The normalized spacial score (nSPS) is 10.4. The van der Waals surface area contributed by atoms with E-state index in [2.05, 4.69) is 16.3 Å². The van der Waals surface area contributed by atoms with E-state index in [0.29, 0.717) is 18.1 Å². The maximum Gasteiger partial charge on any atom is 0.216 e. The quantitative estimate of drug-likeness (QED) is 0.675. The molecule has 0 aromatic carbocycles. The predicted molar refractivity (Wildman–Crippen MR) is 46.7 cm³/mol. The van der Waals surface area contributed by atoms with Gasteiger partial charge in [-0.25, -0.2) is 4.98 Å². The smallest absolute Gasteiger partial charge is 0.216 e. The highest BCUT2D eigenvalue weighted by Gasteiger charge is 2.05. The summed E-state index contributed by atoms with van der Waals surface area (Å²) >= 11 is 0. The number of nitrogens with zero attached hydrogens (tertiary/aromatic N) is 3. The molecule has 0 fully saturated rings. The minimum Gasteiger partial charge on any atom is -0.446 e. The van der Waals surface area contributed by atoms with E-state index in [1.54, 1.807) is 16.9 Å². The van der Waals surface area contributed by atoms with Gasteiger partial charge >= 0.3 is 0 Å². The number of aromatic nitrogens is 3. The van der Waals surface area contributed by atoms with Crippen LogP contribution in [-0.4, -0.2) is 20.5 Å². The first-order chi connectivity index (χ1) is 6.75. The van der Waals surface area contributed by atoms with Crippen LogP contribution < -0.4 is 0 Å². The number of rotatable bonds is 3. The van der Waals surface area contributed by atoms with Gasteiger partial charge in [-0.15, -0.1) is 0 Å². The lowest BCUT2D eigenvalue weighted by Gasteiger charge is -1.94. The molecule has 0 atom stereocenters. The Hall–Kier alpha value is -1.91. The van der Waals surface area contributed by atoms with Crippen LogP contribution in [0.1, 0.15) is 23.3 Å². The highest BCUT2D eigenvalue weighted by atomic mass is 16.3. The average Bonchev–Trinajstić information content (AvgIpc) is 2.75. The van der Waals surface area contributed by atoms with Gasteiger partial charge in [0, 0.05) is 13.1 Å². The molecular weight excluding hydrogens is 182 g/mol. The molecule has 0 unspecified atom stereocenters. The van der Waals surface area contributed by atoms with Crippen LogP contribution in [0.25, 0.3) is 0 Å². The van der Waals surface area contributed by atoms with Crippen molar-refractivity contribution in [2.75, 3.05) is 0 Å². The van der Waals surface area contributed by atoms with Crippen molar-refractivity contribution in [3.05, 3.63) is 36.3 Å². The number of carbonyl (C=O) groups is 1. The van der Waals surface area contributed by atoms with Crippen LogP contribution in [0, 0.1) is 6.20 Å². The van der Waals surface area contributed by atoms with E-state index in [-0.39, 0.29) is 5.78 Å². The van der Waals surface area contributed by atoms with Gasteiger partial charge in [0.25, 0.3) is 0 Å². The van der Waals surface area contributed by atoms with Gasteiger partial charge in [-0.05, 0) is 6.07 Å². The Morgan fingerprint density at radius 2 is 2.57 bits per heavy atom. The second kappa shape index (κ2) is 3.45. The van der Waals surface area contributed by atoms with Crippen molar-refractivity contribution in [1.29, 1.82) is 0 Å². The molecule has 14 heavy (non-hydrogen) atoms. The summed E-state index contributed by atoms with van der Waals surface area (Å²) < 4.78 is 6.59. The molecule has 2 aromatic heterocycles. The molecule has 2 rings (SSSR count). The van der Waals surface area contributed by atoms with E-state index < -0.39 is 0 Å². The van der Waals surface area contributed by atoms with Crippen molar-refractivity contribution in [2.24, 2.45) is 0 Å². The van der Waals surface area contributed by atoms with Crippen molar-refractivity contribution < 1.29 is 9.21 Å². The lowest BCUT2D eigenvalue weighted by molar-refractivity contribution is 0.101. The number of hydrogen-bond acceptors (Lipinski definition) is 4. The summed E-state index contributed by atoms with van der Waals surface area (Å²) in [6.45, 7) is 1.89. The van der Waals surface area contributed by atoms with Crippen LogP contribution in [-0.2, 0) is 6.54 Å². The van der Waals surface area contributed by atoms with Crippen LogP contribution in [0.3, 0.4) is 0 Å². The SMILES string of the molecule is CC(=O)c1ccn(Cc2n[c]co2)n1. The highest BCUT2D eigenvalue weighted by Crippen LogP contribution is 2.01. The van der Waals surface area contributed by atoms with Crippen LogP contribution >= 0.6 is 0 Å². The number of ketones is 1. The summed E-state index contributed by atoms with van der Waals surface area (Å²) in [4.78, 5) is 14.8. The molecule has 0 N–H and O–H groups in total. The fraction of sp³-hybridized carbons (Fsp3) is 0.222. The second-order valence-electron chi connectivity index (χ2n) is 2.83. The van der Waals surface area contributed by atoms with E-state index in [9.17, 15) is 4.79 Å². The van der Waals surface area contributed by atoms with Gasteiger partial charge in [-0.1, -0.05) is 0 Å². The van der Waals surface area contributed by atoms with Crippen LogP contribution in [0.5, 0.6) is 0 Å².